The number of anilines is 1. The maximum atomic E-state index is 13.4. The molecule has 0 amide bonds. The zero-order valence-corrected chi connectivity index (χ0v) is 9.91. The van der Waals surface area contributed by atoms with Crippen molar-refractivity contribution in [3.8, 4) is 0 Å². The van der Waals surface area contributed by atoms with Crippen LogP contribution in [0.5, 0.6) is 0 Å². The first-order chi connectivity index (χ1) is 9.08. The first-order valence-electron chi connectivity index (χ1n) is 5.69. The van der Waals surface area contributed by atoms with Crippen LogP contribution in [-0.2, 0) is 0 Å². The Hall–Kier alpha value is -2.01. The number of hydrogen-bond donors (Lipinski definition) is 2. The van der Waals surface area contributed by atoms with Gasteiger partial charge in [-0.15, -0.1) is 0 Å². The topological polar surface area (TPSA) is 32.3 Å². The number of halogens is 3. The van der Waals surface area contributed by atoms with Crippen LogP contribution in [0.25, 0.3) is 0 Å². The van der Waals surface area contributed by atoms with Gasteiger partial charge in [0.15, 0.2) is 0 Å². The van der Waals surface area contributed by atoms with Crippen LogP contribution in [-0.4, -0.2) is 11.7 Å². The van der Waals surface area contributed by atoms with E-state index in [1.807, 2.05) is 0 Å². The molecule has 0 aliphatic carbocycles. The van der Waals surface area contributed by atoms with Gasteiger partial charge in [0.05, 0.1) is 11.8 Å². The van der Waals surface area contributed by atoms with Gasteiger partial charge in [-0.05, 0) is 24.3 Å². The number of aliphatic hydroxyl groups excluding tert-OH is 1. The molecule has 0 heterocycles. The SMILES string of the molecule is OC(CNc1cc(F)ccc1F)c1ccccc1F. The van der Waals surface area contributed by atoms with Crippen molar-refractivity contribution in [1.29, 1.82) is 0 Å². The molecule has 100 valence electrons. The summed E-state index contributed by atoms with van der Waals surface area (Å²) in [7, 11) is 0. The summed E-state index contributed by atoms with van der Waals surface area (Å²) in [5, 5.41) is 12.4. The lowest BCUT2D eigenvalue weighted by Gasteiger charge is -2.14. The standard InChI is InChI=1S/C14H12F3NO/c15-9-5-6-12(17)13(7-9)18-8-14(19)10-3-1-2-4-11(10)16/h1-7,14,18-19H,8H2. The molecular weight excluding hydrogens is 255 g/mol. The average Bonchev–Trinajstić information content (AvgIpc) is 2.40. The summed E-state index contributed by atoms with van der Waals surface area (Å²) in [6.45, 7) is -0.124. The first kappa shape index (κ1) is 13.4. The Morgan fingerprint density at radius 3 is 2.47 bits per heavy atom. The second-order valence-corrected chi connectivity index (χ2v) is 4.04. The molecule has 0 spiro atoms. The predicted octanol–water partition coefficient (Wildman–Crippen LogP) is 3.25. The van der Waals surface area contributed by atoms with Gasteiger partial charge in [-0.3, -0.25) is 0 Å². The summed E-state index contributed by atoms with van der Waals surface area (Å²) in [4.78, 5) is 0. The van der Waals surface area contributed by atoms with Gasteiger partial charge in [-0.2, -0.15) is 0 Å². The maximum absolute atomic E-state index is 13.4. The molecule has 2 aromatic rings. The van der Waals surface area contributed by atoms with Gasteiger partial charge in [-0.25, -0.2) is 13.2 Å². The fourth-order valence-corrected chi connectivity index (χ4v) is 1.69. The Kier molecular flexibility index (Phi) is 4.06. The van der Waals surface area contributed by atoms with E-state index in [0.29, 0.717) is 0 Å². The van der Waals surface area contributed by atoms with E-state index in [4.69, 9.17) is 0 Å². The molecule has 2 nitrogen and oxygen atoms in total. The van der Waals surface area contributed by atoms with Gasteiger partial charge in [0.25, 0.3) is 0 Å². The van der Waals surface area contributed by atoms with Gasteiger partial charge < -0.3 is 10.4 Å². The Morgan fingerprint density at radius 2 is 1.74 bits per heavy atom. The number of hydrogen-bond acceptors (Lipinski definition) is 2. The van der Waals surface area contributed by atoms with Crippen LogP contribution in [0.1, 0.15) is 11.7 Å². The molecule has 2 rings (SSSR count). The largest absolute Gasteiger partial charge is 0.386 e. The summed E-state index contributed by atoms with van der Waals surface area (Å²) in [6, 6.07) is 8.70. The second-order valence-electron chi connectivity index (χ2n) is 4.04. The lowest BCUT2D eigenvalue weighted by atomic mass is 10.1. The fourth-order valence-electron chi connectivity index (χ4n) is 1.69. The molecule has 0 fully saturated rings. The molecule has 5 heteroatoms. The van der Waals surface area contributed by atoms with Crippen molar-refractivity contribution in [3.05, 3.63) is 65.5 Å². The van der Waals surface area contributed by atoms with Crippen LogP contribution in [0.3, 0.4) is 0 Å². The summed E-state index contributed by atoms with van der Waals surface area (Å²) >= 11 is 0. The smallest absolute Gasteiger partial charge is 0.146 e. The van der Waals surface area contributed by atoms with E-state index < -0.39 is 23.6 Å². The highest BCUT2D eigenvalue weighted by atomic mass is 19.1. The third-order valence-corrected chi connectivity index (χ3v) is 2.68. The van der Waals surface area contributed by atoms with E-state index >= 15 is 0 Å². The van der Waals surface area contributed by atoms with Crippen LogP contribution in [0.15, 0.2) is 42.5 Å². The highest BCUT2D eigenvalue weighted by Crippen LogP contribution is 2.19. The first-order valence-corrected chi connectivity index (χ1v) is 5.69. The zero-order chi connectivity index (χ0) is 13.8. The van der Waals surface area contributed by atoms with E-state index in [9.17, 15) is 18.3 Å². The summed E-state index contributed by atoms with van der Waals surface area (Å²) in [5.41, 5.74) is 0.0298. The molecule has 2 N–H and O–H groups in total. The molecule has 0 radical (unpaired) electrons. The minimum Gasteiger partial charge on any atom is -0.386 e. The molecular formula is C14H12F3NO. The number of nitrogens with one attached hydrogen (secondary N) is 1. The van der Waals surface area contributed by atoms with E-state index in [0.717, 1.165) is 18.2 Å². The van der Waals surface area contributed by atoms with Crippen molar-refractivity contribution in [2.75, 3.05) is 11.9 Å². The summed E-state index contributed by atoms with van der Waals surface area (Å²) in [5.74, 6) is -1.78. The number of rotatable bonds is 4. The normalized spacial score (nSPS) is 12.2. The van der Waals surface area contributed by atoms with Crippen molar-refractivity contribution < 1.29 is 18.3 Å². The van der Waals surface area contributed by atoms with Crippen LogP contribution >= 0.6 is 0 Å². The van der Waals surface area contributed by atoms with Crippen LogP contribution < -0.4 is 5.32 Å². The monoisotopic (exact) mass is 267 g/mol. The quantitative estimate of drug-likeness (QED) is 0.891. The molecule has 0 saturated heterocycles. The molecule has 0 aliphatic rings. The second kappa shape index (κ2) is 5.75. The highest BCUT2D eigenvalue weighted by Gasteiger charge is 2.13. The highest BCUT2D eigenvalue weighted by molar-refractivity contribution is 5.45. The van der Waals surface area contributed by atoms with Gasteiger partial charge in [-0.1, -0.05) is 18.2 Å². The summed E-state index contributed by atoms with van der Waals surface area (Å²) < 4.78 is 39.6. The van der Waals surface area contributed by atoms with Crippen molar-refractivity contribution in [3.63, 3.8) is 0 Å². The Balaban J connectivity index is 2.06. The van der Waals surface area contributed by atoms with E-state index in [-0.39, 0.29) is 17.8 Å². The Labute approximate surface area is 108 Å². The lowest BCUT2D eigenvalue weighted by Crippen LogP contribution is -2.14. The molecule has 1 atom stereocenters. The molecule has 19 heavy (non-hydrogen) atoms. The summed E-state index contributed by atoms with van der Waals surface area (Å²) in [6.07, 6.45) is -1.15. The van der Waals surface area contributed by atoms with E-state index in [2.05, 4.69) is 5.32 Å². The average molecular weight is 267 g/mol. The predicted molar refractivity (Wildman–Crippen MR) is 66.2 cm³/mol. The van der Waals surface area contributed by atoms with E-state index in [1.54, 1.807) is 6.07 Å². The molecule has 0 aromatic heterocycles. The van der Waals surface area contributed by atoms with Crippen molar-refractivity contribution in [2.24, 2.45) is 0 Å². The van der Waals surface area contributed by atoms with Crippen molar-refractivity contribution in [2.45, 2.75) is 6.10 Å². The maximum Gasteiger partial charge on any atom is 0.146 e. The zero-order valence-electron chi connectivity index (χ0n) is 9.91. The minimum atomic E-state index is -1.15. The molecule has 1 unspecified atom stereocenters. The van der Waals surface area contributed by atoms with Gasteiger partial charge in [0.1, 0.15) is 17.5 Å². The number of benzene rings is 2. The van der Waals surface area contributed by atoms with Gasteiger partial charge >= 0.3 is 0 Å². The molecule has 0 aliphatic heterocycles. The van der Waals surface area contributed by atoms with Crippen LogP contribution in [0.2, 0.25) is 0 Å². The third-order valence-electron chi connectivity index (χ3n) is 2.68. The van der Waals surface area contributed by atoms with Gasteiger partial charge in [0, 0.05) is 12.1 Å². The fraction of sp³-hybridized carbons (Fsp3) is 0.143. The Bertz CT molecular complexity index is 574. The Morgan fingerprint density at radius 1 is 1.00 bits per heavy atom. The van der Waals surface area contributed by atoms with Crippen LogP contribution in [0.4, 0.5) is 18.9 Å². The van der Waals surface area contributed by atoms with Crippen molar-refractivity contribution in [1.82, 2.24) is 0 Å². The van der Waals surface area contributed by atoms with Gasteiger partial charge in [0.2, 0.25) is 0 Å². The molecule has 0 saturated carbocycles. The number of aliphatic hydroxyl groups is 1. The molecule has 0 bridgehead atoms. The van der Waals surface area contributed by atoms with Crippen LogP contribution in [0, 0.1) is 17.5 Å². The van der Waals surface area contributed by atoms with Crippen molar-refractivity contribution >= 4 is 5.69 Å². The van der Waals surface area contributed by atoms with E-state index in [1.165, 1.54) is 18.2 Å². The lowest BCUT2D eigenvalue weighted by molar-refractivity contribution is 0.186. The third kappa shape index (κ3) is 3.26. The molecule has 2 aromatic carbocycles. The minimum absolute atomic E-state index is 0.0737.